The molecule has 1 atom stereocenters. The summed E-state index contributed by atoms with van der Waals surface area (Å²) in [7, 11) is 1.58. The van der Waals surface area contributed by atoms with Gasteiger partial charge in [-0.3, -0.25) is 14.4 Å². The smallest absolute Gasteiger partial charge is 0.272 e. The third-order valence-electron chi connectivity index (χ3n) is 6.27. The molecule has 0 fully saturated rings. The van der Waals surface area contributed by atoms with Crippen LogP contribution < -0.4 is 20.7 Å². The SMILES string of the molecule is CCC(Sc1cccc(NC(=O)/C(=C\c2ccc(OC)cc2)NC(=O)c2ccccc2)c1)C(=O)Nc1cccc(C)c1. The number of hydrogen-bond acceptors (Lipinski definition) is 5. The Labute approximate surface area is 250 Å². The van der Waals surface area contributed by atoms with Crippen molar-refractivity contribution in [1.82, 2.24) is 5.32 Å². The van der Waals surface area contributed by atoms with Crippen LogP contribution in [0.25, 0.3) is 6.08 Å². The summed E-state index contributed by atoms with van der Waals surface area (Å²) in [6.45, 7) is 3.94. The maximum Gasteiger partial charge on any atom is 0.272 e. The Kier molecular flexibility index (Phi) is 10.6. The molecule has 0 aliphatic rings. The first kappa shape index (κ1) is 30.1. The lowest BCUT2D eigenvalue weighted by Gasteiger charge is -2.16. The number of nitrogens with one attached hydrogen (secondary N) is 3. The summed E-state index contributed by atoms with van der Waals surface area (Å²) in [6, 6.07) is 30.8. The summed E-state index contributed by atoms with van der Waals surface area (Å²) in [5, 5.41) is 8.30. The fraction of sp³-hybridized carbons (Fsp3) is 0.147. The number of amides is 3. The maximum absolute atomic E-state index is 13.4. The minimum Gasteiger partial charge on any atom is -0.497 e. The van der Waals surface area contributed by atoms with Gasteiger partial charge in [0.15, 0.2) is 0 Å². The molecule has 42 heavy (non-hydrogen) atoms. The molecule has 3 N–H and O–H groups in total. The molecule has 4 rings (SSSR count). The highest BCUT2D eigenvalue weighted by molar-refractivity contribution is 8.00. The fourth-order valence-corrected chi connectivity index (χ4v) is 5.10. The van der Waals surface area contributed by atoms with Crippen LogP contribution in [0, 0.1) is 6.92 Å². The molecule has 0 heterocycles. The number of carbonyl (C=O) groups excluding carboxylic acids is 3. The quantitative estimate of drug-likeness (QED) is 0.132. The van der Waals surface area contributed by atoms with Crippen molar-refractivity contribution in [1.29, 1.82) is 0 Å². The van der Waals surface area contributed by atoms with Gasteiger partial charge in [-0.05, 0) is 85.1 Å². The molecule has 0 saturated heterocycles. The zero-order chi connectivity index (χ0) is 29.9. The third-order valence-corrected chi connectivity index (χ3v) is 7.63. The third kappa shape index (κ3) is 8.59. The number of ether oxygens (including phenoxy) is 1. The van der Waals surface area contributed by atoms with E-state index < -0.39 is 11.8 Å². The highest BCUT2D eigenvalue weighted by Crippen LogP contribution is 2.29. The first-order chi connectivity index (χ1) is 20.3. The van der Waals surface area contributed by atoms with Gasteiger partial charge in [-0.25, -0.2) is 0 Å². The van der Waals surface area contributed by atoms with Crippen LogP contribution in [0.15, 0.2) is 114 Å². The van der Waals surface area contributed by atoms with Gasteiger partial charge in [-0.15, -0.1) is 11.8 Å². The number of aryl methyl sites for hydroxylation is 1. The maximum atomic E-state index is 13.4. The van der Waals surface area contributed by atoms with Crippen molar-refractivity contribution >= 4 is 46.9 Å². The van der Waals surface area contributed by atoms with Crippen LogP contribution >= 0.6 is 11.8 Å². The van der Waals surface area contributed by atoms with Gasteiger partial charge in [0.1, 0.15) is 11.4 Å². The van der Waals surface area contributed by atoms with Gasteiger partial charge in [0.2, 0.25) is 5.91 Å². The average molecular weight is 580 g/mol. The number of methoxy groups -OCH3 is 1. The lowest BCUT2D eigenvalue weighted by Crippen LogP contribution is -2.30. The van der Waals surface area contributed by atoms with Gasteiger partial charge in [0.05, 0.1) is 12.4 Å². The van der Waals surface area contributed by atoms with Gasteiger partial charge in [0.25, 0.3) is 11.8 Å². The Morgan fingerprint density at radius 1 is 0.833 bits per heavy atom. The molecule has 0 aromatic heterocycles. The van der Waals surface area contributed by atoms with Crippen molar-refractivity contribution in [2.24, 2.45) is 0 Å². The molecule has 214 valence electrons. The Bertz CT molecular complexity index is 1570. The predicted molar refractivity (Wildman–Crippen MR) is 170 cm³/mol. The monoisotopic (exact) mass is 579 g/mol. The summed E-state index contributed by atoms with van der Waals surface area (Å²) in [5.41, 5.74) is 3.58. The van der Waals surface area contributed by atoms with E-state index in [-0.39, 0.29) is 16.9 Å². The van der Waals surface area contributed by atoms with Crippen molar-refractivity contribution in [2.75, 3.05) is 17.7 Å². The zero-order valence-corrected chi connectivity index (χ0v) is 24.5. The van der Waals surface area contributed by atoms with Gasteiger partial charge >= 0.3 is 0 Å². The molecular weight excluding hydrogens is 546 g/mol. The van der Waals surface area contributed by atoms with Crippen LogP contribution in [0.3, 0.4) is 0 Å². The van der Waals surface area contributed by atoms with Gasteiger partial charge in [0, 0.05) is 21.8 Å². The molecule has 0 spiro atoms. The second kappa shape index (κ2) is 14.7. The molecule has 7 nitrogen and oxygen atoms in total. The molecule has 4 aromatic carbocycles. The fourth-order valence-electron chi connectivity index (χ4n) is 4.09. The largest absolute Gasteiger partial charge is 0.497 e. The first-order valence-corrected chi connectivity index (χ1v) is 14.4. The summed E-state index contributed by atoms with van der Waals surface area (Å²) >= 11 is 1.42. The van der Waals surface area contributed by atoms with Crippen molar-refractivity contribution in [3.05, 3.63) is 126 Å². The van der Waals surface area contributed by atoms with Crippen LogP contribution in [0.5, 0.6) is 5.75 Å². The van der Waals surface area contributed by atoms with Crippen molar-refractivity contribution in [3.63, 3.8) is 0 Å². The van der Waals surface area contributed by atoms with E-state index >= 15 is 0 Å². The van der Waals surface area contributed by atoms with E-state index in [1.807, 2.05) is 62.4 Å². The molecule has 0 bridgehead atoms. The first-order valence-electron chi connectivity index (χ1n) is 13.5. The van der Waals surface area contributed by atoms with E-state index in [2.05, 4.69) is 16.0 Å². The lowest BCUT2D eigenvalue weighted by molar-refractivity contribution is -0.116. The highest BCUT2D eigenvalue weighted by Gasteiger charge is 2.19. The molecule has 0 aliphatic carbocycles. The van der Waals surface area contributed by atoms with Crippen molar-refractivity contribution < 1.29 is 19.1 Å². The minimum absolute atomic E-state index is 0.0797. The van der Waals surface area contributed by atoms with Crippen LogP contribution in [-0.2, 0) is 9.59 Å². The molecule has 4 aromatic rings. The summed E-state index contributed by atoms with van der Waals surface area (Å²) in [5.74, 6) is -0.295. The number of carbonyl (C=O) groups is 3. The molecule has 3 amide bonds. The number of hydrogen-bond donors (Lipinski definition) is 3. The van der Waals surface area contributed by atoms with Crippen molar-refractivity contribution in [2.45, 2.75) is 30.4 Å². The Balaban J connectivity index is 1.50. The second-order valence-corrected chi connectivity index (χ2v) is 10.8. The van der Waals surface area contributed by atoms with Crippen LogP contribution in [0.4, 0.5) is 11.4 Å². The summed E-state index contributed by atoms with van der Waals surface area (Å²) < 4.78 is 5.22. The average Bonchev–Trinajstić information content (AvgIpc) is 3.00. The highest BCUT2D eigenvalue weighted by atomic mass is 32.2. The molecular formula is C34H33N3O4S. The number of rotatable bonds is 11. The lowest BCUT2D eigenvalue weighted by atomic mass is 10.1. The van der Waals surface area contributed by atoms with E-state index in [0.717, 1.165) is 16.1 Å². The Morgan fingerprint density at radius 2 is 1.52 bits per heavy atom. The van der Waals surface area contributed by atoms with Gasteiger partial charge in [-0.1, -0.05) is 55.5 Å². The number of anilines is 2. The molecule has 8 heteroatoms. The van der Waals surface area contributed by atoms with E-state index in [9.17, 15) is 14.4 Å². The van der Waals surface area contributed by atoms with Gasteiger partial charge in [-0.2, -0.15) is 0 Å². The topological polar surface area (TPSA) is 96.5 Å². The van der Waals surface area contributed by atoms with Crippen molar-refractivity contribution in [3.8, 4) is 5.75 Å². The van der Waals surface area contributed by atoms with Crippen LogP contribution in [0.2, 0.25) is 0 Å². The predicted octanol–water partition coefficient (Wildman–Crippen LogP) is 6.92. The molecule has 0 aliphatic heterocycles. The van der Waals surface area contributed by atoms with E-state index in [4.69, 9.17) is 4.74 Å². The summed E-state index contributed by atoms with van der Waals surface area (Å²) in [4.78, 5) is 40.2. The molecule has 1 unspecified atom stereocenters. The molecule has 0 radical (unpaired) electrons. The number of thioether (sulfide) groups is 1. The minimum atomic E-state index is -0.485. The number of benzene rings is 4. The van der Waals surface area contributed by atoms with Crippen LogP contribution in [-0.4, -0.2) is 30.1 Å². The second-order valence-electron chi connectivity index (χ2n) is 9.51. The Hall–Kier alpha value is -4.82. The standard InChI is InChI=1S/C34H33N3O4S/c1-4-31(34(40)36-26-13-8-10-23(2)20-26)42-29-15-9-14-27(22-29)35-33(39)30(21-24-16-18-28(41-3)19-17-24)37-32(38)25-11-6-5-7-12-25/h5-22,31H,4H2,1-3H3,(H,35,39)(H,36,40)(H,37,38)/b30-21+. The molecule has 0 saturated carbocycles. The van der Waals surface area contributed by atoms with Gasteiger partial charge < -0.3 is 20.7 Å². The van der Waals surface area contributed by atoms with E-state index in [1.165, 1.54) is 11.8 Å². The van der Waals surface area contributed by atoms with Crippen LogP contribution in [0.1, 0.15) is 34.8 Å². The zero-order valence-electron chi connectivity index (χ0n) is 23.7. The normalized spacial score (nSPS) is 11.7. The Morgan fingerprint density at radius 3 is 2.19 bits per heavy atom. The van der Waals surface area contributed by atoms with E-state index in [1.54, 1.807) is 67.8 Å². The van der Waals surface area contributed by atoms with E-state index in [0.29, 0.717) is 29.0 Å². The summed E-state index contributed by atoms with van der Waals surface area (Å²) in [6.07, 6.45) is 2.23.